The number of nitrogens with zero attached hydrogens (tertiary/aromatic N) is 1. The van der Waals surface area contributed by atoms with Crippen molar-refractivity contribution < 1.29 is 14.3 Å². The van der Waals surface area contributed by atoms with E-state index in [0.29, 0.717) is 19.4 Å². The smallest absolute Gasteiger partial charge is 0.410 e. The molecule has 1 unspecified atom stereocenters. The van der Waals surface area contributed by atoms with Crippen molar-refractivity contribution >= 4 is 11.9 Å². The van der Waals surface area contributed by atoms with Gasteiger partial charge in [0.2, 0.25) is 0 Å². The first-order valence-corrected chi connectivity index (χ1v) is 4.71. The average molecular weight is 197 g/mol. The number of rotatable bonds is 2. The Labute approximate surface area is 83.5 Å². The number of hydrogen-bond donors (Lipinski definition) is 0. The molecule has 0 aromatic rings. The monoisotopic (exact) mass is 197 g/mol. The molecule has 1 rings (SSSR count). The molecule has 1 aliphatic heterocycles. The van der Waals surface area contributed by atoms with Crippen LogP contribution >= 0.6 is 0 Å². The fraction of sp³-hybridized carbons (Fsp3) is 0.600. The van der Waals surface area contributed by atoms with Gasteiger partial charge in [-0.25, -0.2) is 4.79 Å². The number of amides is 1. The Morgan fingerprint density at radius 1 is 1.79 bits per heavy atom. The number of carbonyl (C=O) groups is 2. The highest BCUT2D eigenvalue weighted by molar-refractivity contribution is 5.82. The molecule has 1 fully saturated rings. The molecular formula is C10H15NO3. The van der Waals surface area contributed by atoms with E-state index in [9.17, 15) is 9.59 Å². The number of ketones is 1. The van der Waals surface area contributed by atoms with Crippen molar-refractivity contribution in [1.82, 2.24) is 4.90 Å². The van der Waals surface area contributed by atoms with Crippen LogP contribution in [0.25, 0.3) is 0 Å². The first-order chi connectivity index (χ1) is 6.65. The minimum absolute atomic E-state index is 0.0476. The van der Waals surface area contributed by atoms with E-state index in [1.54, 1.807) is 4.90 Å². The third kappa shape index (κ3) is 2.58. The van der Waals surface area contributed by atoms with E-state index >= 15 is 0 Å². The van der Waals surface area contributed by atoms with Crippen LogP contribution < -0.4 is 0 Å². The van der Waals surface area contributed by atoms with Crippen molar-refractivity contribution in [3.8, 4) is 0 Å². The van der Waals surface area contributed by atoms with Gasteiger partial charge in [0, 0.05) is 25.4 Å². The van der Waals surface area contributed by atoms with E-state index in [4.69, 9.17) is 4.74 Å². The number of Topliss-reactive ketones (excluding diaryl/α,β-unsaturated/α-hetero) is 1. The summed E-state index contributed by atoms with van der Waals surface area (Å²) in [6.07, 6.45) is 2.04. The summed E-state index contributed by atoms with van der Waals surface area (Å²) in [6, 6.07) is -0.0476. The summed E-state index contributed by atoms with van der Waals surface area (Å²) < 4.78 is 4.89. The molecule has 78 valence electrons. The van der Waals surface area contributed by atoms with Crippen LogP contribution in [0.5, 0.6) is 0 Å². The zero-order valence-electron chi connectivity index (χ0n) is 8.36. The Balaban J connectivity index is 2.46. The number of likely N-dealkylation sites (tertiary alicyclic amines) is 1. The molecule has 4 nitrogen and oxygen atoms in total. The van der Waals surface area contributed by atoms with Crippen LogP contribution in [-0.4, -0.2) is 36.0 Å². The fourth-order valence-corrected chi connectivity index (χ4v) is 1.49. The maximum atomic E-state index is 11.4. The van der Waals surface area contributed by atoms with Crippen molar-refractivity contribution in [1.29, 1.82) is 0 Å². The number of carbonyl (C=O) groups excluding carboxylic acids is 2. The number of hydrogen-bond acceptors (Lipinski definition) is 3. The van der Waals surface area contributed by atoms with Gasteiger partial charge in [0.1, 0.15) is 12.4 Å². The van der Waals surface area contributed by atoms with Gasteiger partial charge in [-0.05, 0) is 6.92 Å². The van der Waals surface area contributed by atoms with Gasteiger partial charge >= 0.3 is 6.09 Å². The van der Waals surface area contributed by atoms with Gasteiger partial charge in [-0.3, -0.25) is 4.79 Å². The Hall–Kier alpha value is -1.32. The summed E-state index contributed by atoms with van der Waals surface area (Å²) in [4.78, 5) is 24.1. The predicted octanol–water partition coefficient (Wildman–Crippen LogP) is 1.36. The van der Waals surface area contributed by atoms with Crippen LogP contribution in [-0.2, 0) is 9.53 Å². The second-order valence-corrected chi connectivity index (χ2v) is 3.40. The SMILES string of the molecule is C=CCOC(=O)N1CCC(=O)CC1C. The summed E-state index contributed by atoms with van der Waals surface area (Å²) in [5, 5.41) is 0. The zero-order valence-corrected chi connectivity index (χ0v) is 8.36. The summed E-state index contributed by atoms with van der Waals surface area (Å²) in [6.45, 7) is 6.00. The first-order valence-electron chi connectivity index (χ1n) is 4.71. The summed E-state index contributed by atoms with van der Waals surface area (Å²) in [7, 11) is 0. The maximum Gasteiger partial charge on any atom is 0.410 e. The fourth-order valence-electron chi connectivity index (χ4n) is 1.49. The molecule has 4 heteroatoms. The highest BCUT2D eigenvalue weighted by Gasteiger charge is 2.27. The van der Waals surface area contributed by atoms with Crippen LogP contribution in [0.15, 0.2) is 12.7 Å². The van der Waals surface area contributed by atoms with Crippen LogP contribution in [0, 0.1) is 0 Å². The lowest BCUT2D eigenvalue weighted by Crippen LogP contribution is -2.45. The van der Waals surface area contributed by atoms with Crippen molar-refractivity contribution in [3.63, 3.8) is 0 Å². The maximum absolute atomic E-state index is 11.4. The molecule has 1 atom stereocenters. The molecule has 0 aromatic carbocycles. The quantitative estimate of drug-likeness (QED) is 0.628. The second kappa shape index (κ2) is 4.79. The standard InChI is InChI=1S/C10H15NO3/c1-3-6-14-10(13)11-5-4-9(12)7-8(11)2/h3,8H,1,4-7H2,2H3. The van der Waals surface area contributed by atoms with Gasteiger partial charge in [0.05, 0.1) is 0 Å². The third-order valence-electron chi connectivity index (χ3n) is 2.25. The molecule has 1 aliphatic rings. The lowest BCUT2D eigenvalue weighted by atomic mass is 10.0. The topological polar surface area (TPSA) is 46.6 Å². The van der Waals surface area contributed by atoms with Gasteiger partial charge in [-0.15, -0.1) is 0 Å². The Bertz CT molecular complexity index is 250. The summed E-state index contributed by atoms with van der Waals surface area (Å²) in [5.41, 5.74) is 0. The molecular weight excluding hydrogens is 182 g/mol. The Morgan fingerprint density at radius 2 is 2.50 bits per heavy atom. The third-order valence-corrected chi connectivity index (χ3v) is 2.25. The van der Waals surface area contributed by atoms with Crippen molar-refractivity contribution in [2.24, 2.45) is 0 Å². The lowest BCUT2D eigenvalue weighted by molar-refractivity contribution is -0.122. The predicted molar refractivity (Wildman–Crippen MR) is 52.0 cm³/mol. The largest absolute Gasteiger partial charge is 0.445 e. The van der Waals surface area contributed by atoms with Crippen LogP contribution in [0.1, 0.15) is 19.8 Å². The Kier molecular flexibility index (Phi) is 3.68. The van der Waals surface area contributed by atoms with Gasteiger partial charge < -0.3 is 9.64 Å². The number of piperidine rings is 1. The minimum atomic E-state index is -0.357. The molecule has 0 aromatic heterocycles. The molecule has 0 N–H and O–H groups in total. The van der Waals surface area contributed by atoms with Gasteiger partial charge in [0.15, 0.2) is 0 Å². The van der Waals surface area contributed by atoms with E-state index in [0.717, 1.165) is 0 Å². The average Bonchev–Trinajstić information content (AvgIpc) is 2.14. The minimum Gasteiger partial charge on any atom is -0.445 e. The summed E-state index contributed by atoms with van der Waals surface area (Å²) >= 11 is 0. The highest BCUT2D eigenvalue weighted by Crippen LogP contribution is 2.14. The van der Waals surface area contributed by atoms with Crippen molar-refractivity contribution in [2.45, 2.75) is 25.8 Å². The summed E-state index contributed by atoms with van der Waals surface area (Å²) in [5.74, 6) is 0.213. The normalized spacial score (nSPS) is 21.9. The van der Waals surface area contributed by atoms with Gasteiger partial charge in [0.25, 0.3) is 0 Å². The van der Waals surface area contributed by atoms with E-state index in [1.807, 2.05) is 6.92 Å². The van der Waals surface area contributed by atoms with Crippen molar-refractivity contribution in [2.75, 3.05) is 13.2 Å². The van der Waals surface area contributed by atoms with E-state index < -0.39 is 0 Å². The van der Waals surface area contributed by atoms with Gasteiger partial charge in [-0.1, -0.05) is 12.7 Å². The van der Waals surface area contributed by atoms with E-state index in [2.05, 4.69) is 6.58 Å². The highest BCUT2D eigenvalue weighted by atomic mass is 16.6. The van der Waals surface area contributed by atoms with Crippen LogP contribution in [0.2, 0.25) is 0 Å². The Morgan fingerprint density at radius 3 is 3.07 bits per heavy atom. The molecule has 1 heterocycles. The second-order valence-electron chi connectivity index (χ2n) is 3.40. The molecule has 1 saturated heterocycles. The molecule has 1 amide bonds. The first kappa shape index (κ1) is 10.8. The van der Waals surface area contributed by atoms with Crippen LogP contribution in [0.3, 0.4) is 0 Å². The molecule has 0 radical (unpaired) electrons. The van der Waals surface area contributed by atoms with Crippen LogP contribution in [0.4, 0.5) is 4.79 Å². The zero-order chi connectivity index (χ0) is 10.6. The molecule has 0 spiro atoms. The lowest BCUT2D eigenvalue weighted by Gasteiger charge is -2.31. The molecule has 14 heavy (non-hydrogen) atoms. The molecule has 0 saturated carbocycles. The molecule has 0 aliphatic carbocycles. The number of ether oxygens (including phenoxy) is 1. The van der Waals surface area contributed by atoms with Gasteiger partial charge in [-0.2, -0.15) is 0 Å². The van der Waals surface area contributed by atoms with Crippen molar-refractivity contribution in [3.05, 3.63) is 12.7 Å². The van der Waals surface area contributed by atoms with E-state index in [1.165, 1.54) is 6.08 Å². The molecule has 0 bridgehead atoms. The van der Waals surface area contributed by atoms with E-state index in [-0.39, 0.29) is 24.5 Å².